The number of carboxylic acid groups (broad SMARTS) is 2. The van der Waals surface area contributed by atoms with E-state index < -0.39 is 11.9 Å². The van der Waals surface area contributed by atoms with Crippen LogP contribution >= 0.6 is 0 Å². The molecule has 0 radical (unpaired) electrons. The summed E-state index contributed by atoms with van der Waals surface area (Å²) in [5.74, 6) is -2.26. The van der Waals surface area contributed by atoms with Gasteiger partial charge in [-0.05, 0) is 67.3 Å². The van der Waals surface area contributed by atoms with E-state index in [1.165, 1.54) is 24.3 Å². The molecule has 0 amide bonds. The minimum atomic E-state index is -1.03. The third kappa shape index (κ3) is 4.01. The van der Waals surface area contributed by atoms with Crippen molar-refractivity contribution in [3.63, 3.8) is 0 Å². The van der Waals surface area contributed by atoms with Crippen LogP contribution in [0, 0.1) is 13.8 Å². The lowest BCUT2D eigenvalue weighted by Gasteiger charge is -2.07. The Hall–Kier alpha value is -3.21. The lowest BCUT2D eigenvalue weighted by Crippen LogP contribution is -2.03. The Bertz CT molecular complexity index is 906. The molecule has 25 heavy (non-hydrogen) atoms. The highest BCUT2D eigenvalue weighted by Gasteiger charge is 2.12. The number of carboxylic acids is 2. The summed E-state index contributed by atoms with van der Waals surface area (Å²) in [5.41, 5.74) is 3.39. The monoisotopic (exact) mass is 338 g/mol. The zero-order chi connectivity index (χ0) is 18.7. The van der Waals surface area contributed by atoms with Gasteiger partial charge in [0.2, 0.25) is 0 Å². The van der Waals surface area contributed by atoms with E-state index in [1.54, 1.807) is 39.0 Å². The number of hydrogen-bond donors (Lipinski definition) is 2. The predicted molar refractivity (Wildman–Crippen MR) is 94.3 cm³/mol. The SMILES string of the molecule is C/C(=C\C(=O)c1ccc(C(=O)O)c(C)c1)c1ccc(C(=O)O)c(C)c1. The molecule has 0 aliphatic rings. The van der Waals surface area contributed by atoms with Crippen molar-refractivity contribution in [1.29, 1.82) is 0 Å². The Kier molecular flexibility index (Phi) is 5.17. The van der Waals surface area contributed by atoms with E-state index in [0.29, 0.717) is 22.3 Å². The summed E-state index contributed by atoms with van der Waals surface area (Å²) in [7, 11) is 0. The van der Waals surface area contributed by atoms with Gasteiger partial charge in [0, 0.05) is 5.56 Å². The van der Waals surface area contributed by atoms with E-state index >= 15 is 0 Å². The highest BCUT2D eigenvalue weighted by atomic mass is 16.4. The molecule has 128 valence electrons. The number of aryl methyl sites for hydroxylation is 2. The summed E-state index contributed by atoms with van der Waals surface area (Å²) in [6.07, 6.45) is 1.46. The summed E-state index contributed by atoms with van der Waals surface area (Å²) in [6.45, 7) is 5.12. The van der Waals surface area contributed by atoms with Gasteiger partial charge in [-0.25, -0.2) is 9.59 Å². The molecule has 2 N–H and O–H groups in total. The van der Waals surface area contributed by atoms with Crippen LogP contribution in [0.3, 0.4) is 0 Å². The van der Waals surface area contributed by atoms with Gasteiger partial charge in [-0.2, -0.15) is 0 Å². The molecule has 0 saturated heterocycles. The summed E-state index contributed by atoms with van der Waals surface area (Å²) in [6, 6.07) is 9.35. The molecular formula is C20H18O5. The number of hydrogen-bond acceptors (Lipinski definition) is 3. The van der Waals surface area contributed by atoms with Crippen LogP contribution in [-0.2, 0) is 0 Å². The average Bonchev–Trinajstić information content (AvgIpc) is 2.53. The fourth-order valence-electron chi connectivity index (χ4n) is 2.57. The molecule has 0 heterocycles. The van der Waals surface area contributed by atoms with Gasteiger partial charge in [0.25, 0.3) is 0 Å². The molecule has 5 heteroatoms. The molecule has 0 saturated carbocycles. The van der Waals surface area contributed by atoms with Gasteiger partial charge in [0.15, 0.2) is 5.78 Å². The molecule has 0 bridgehead atoms. The second-order valence-corrected chi connectivity index (χ2v) is 5.86. The third-order valence-electron chi connectivity index (χ3n) is 4.00. The molecule has 0 spiro atoms. The Labute approximate surface area is 145 Å². The number of allylic oxidation sites excluding steroid dienone is 2. The zero-order valence-corrected chi connectivity index (χ0v) is 14.2. The zero-order valence-electron chi connectivity index (χ0n) is 14.2. The smallest absolute Gasteiger partial charge is 0.335 e. The van der Waals surface area contributed by atoms with E-state index in [1.807, 2.05) is 0 Å². The van der Waals surface area contributed by atoms with Crippen molar-refractivity contribution in [2.24, 2.45) is 0 Å². The van der Waals surface area contributed by atoms with Crippen molar-refractivity contribution in [3.8, 4) is 0 Å². The van der Waals surface area contributed by atoms with Crippen molar-refractivity contribution < 1.29 is 24.6 Å². The average molecular weight is 338 g/mol. The molecule has 0 aliphatic heterocycles. The van der Waals surface area contributed by atoms with Gasteiger partial charge in [-0.15, -0.1) is 0 Å². The topological polar surface area (TPSA) is 91.7 Å². The van der Waals surface area contributed by atoms with Crippen molar-refractivity contribution in [3.05, 3.63) is 75.9 Å². The van der Waals surface area contributed by atoms with Crippen molar-refractivity contribution in [1.82, 2.24) is 0 Å². The van der Waals surface area contributed by atoms with Crippen LogP contribution in [0.5, 0.6) is 0 Å². The molecule has 0 aliphatic carbocycles. The van der Waals surface area contributed by atoms with Crippen molar-refractivity contribution in [2.45, 2.75) is 20.8 Å². The highest BCUT2D eigenvalue weighted by molar-refractivity contribution is 6.09. The maximum absolute atomic E-state index is 12.4. The fourth-order valence-corrected chi connectivity index (χ4v) is 2.57. The van der Waals surface area contributed by atoms with Gasteiger partial charge in [0.1, 0.15) is 0 Å². The van der Waals surface area contributed by atoms with E-state index in [2.05, 4.69) is 0 Å². The van der Waals surface area contributed by atoms with Gasteiger partial charge in [-0.1, -0.05) is 18.2 Å². The van der Waals surface area contributed by atoms with Gasteiger partial charge in [-0.3, -0.25) is 4.79 Å². The largest absolute Gasteiger partial charge is 0.478 e. The van der Waals surface area contributed by atoms with Crippen LogP contribution in [0.1, 0.15) is 54.7 Å². The first-order valence-corrected chi connectivity index (χ1v) is 7.61. The Morgan fingerprint density at radius 2 is 1.24 bits per heavy atom. The summed E-state index contributed by atoms with van der Waals surface area (Å²) in [5, 5.41) is 18.1. The van der Waals surface area contributed by atoms with Crippen LogP contribution in [0.2, 0.25) is 0 Å². The number of carbonyl (C=O) groups excluding carboxylic acids is 1. The first-order valence-electron chi connectivity index (χ1n) is 7.61. The minimum absolute atomic E-state index is 0.164. The lowest BCUT2D eigenvalue weighted by atomic mass is 9.97. The number of benzene rings is 2. The van der Waals surface area contributed by atoms with E-state index in [4.69, 9.17) is 10.2 Å². The molecule has 5 nitrogen and oxygen atoms in total. The summed E-state index contributed by atoms with van der Waals surface area (Å²) >= 11 is 0. The molecule has 0 aromatic heterocycles. The van der Waals surface area contributed by atoms with Crippen LogP contribution in [0.15, 0.2) is 42.5 Å². The van der Waals surface area contributed by atoms with E-state index in [0.717, 1.165) is 5.56 Å². The second-order valence-electron chi connectivity index (χ2n) is 5.86. The predicted octanol–water partition coefficient (Wildman–Crippen LogP) is 3.99. The highest BCUT2D eigenvalue weighted by Crippen LogP contribution is 2.20. The van der Waals surface area contributed by atoms with Gasteiger partial charge in [0.05, 0.1) is 11.1 Å². The van der Waals surface area contributed by atoms with Crippen molar-refractivity contribution in [2.75, 3.05) is 0 Å². The number of ketones is 1. The summed E-state index contributed by atoms with van der Waals surface area (Å²) < 4.78 is 0. The Morgan fingerprint density at radius 1 is 0.800 bits per heavy atom. The third-order valence-corrected chi connectivity index (χ3v) is 4.00. The van der Waals surface area contributed by atoms with E-state index in [9.17, 15) is 14.4 Å². The first-order chi connectivity index (χ1) is 11.7. The molecule has 0 unspecified atom stereocenters. The van der Waals surface area contributed by atoms with Crippen LogP contribution in [0.25, 0.3) is 5.57 Å². The van der Waals surface area contributed by atoms with Gasteiger partial charge >= 0.3 is 11.9 Å². The normalized spacial score (nSPS) is 11.2. The number of carbonyl (C=O) groups is 3. The summed E-state index contributed by atoms with van der Waals surface area (Å²) in [4.78, 5) is 34.5. The fraction of sp³-hybridized carbons (Fsp3) is 0.150. The molecule has 2 aromatic rings. The minimum Gasteiger partial charge on any atom is -0.478 e. The second kappa shape index (κ2) is 7.13. The van der Waals surface area contributed by atoms with E-state index in [-0.39, 0.29) is 16.9 Å². The van der Waals surface area contributed by atoms with Crippen LogP contribution in [0.4, 0.5) is 0 Å². The Balaban J connectivity index is 2.32. The molecule has 0 atom stereocenters. The number of rotatable bonds is 5. The molecule has 2 rings (SSSR count). The maximum atomic E-state index is 12.4. The quantitative estimate of drug-likeness (QED) is 0.635. The standard InChI is InChI=1S/C20H18O5/c1-11(14-4-6-16(19(22)23)12(2)8-14)10-18(21)15-5-7-17(20(24)25)13(3)9-15/h4-10H,1-3H3,(H,22,23)(H,24,25)/b11-10+. The molecule has 2 aromatic carbocycles. The number of aromatic carboxylic acids is 2. The van der Waals surface area contributed by atoms with Gasteiger partial charge < -0.3 is 10.2 Å². The lowest BCUT2D eigenvalue weighted by molar-refractivity contribution is 0.0685. The molecular weight excluding hydrogens is 320 g/mol. The van der Waals surface area contributed by atoms with Crippen LogP contribution < -0.4 is 0 Å². The van der Waals surface area contributed by atoms with Crippen molar-refractivity contribution >= 4 is 23.3 Å². The maximum Gasteiger partial charge on any atom is 0.335 e. The Morgan fingerprint density at radius 3 is 1.68 bits per heavy atom. The molecule has 0 fully saturated rings. The first kappa shape index (κ1) is 18.1. The van der Waals surface area contributed by atoms with Crippen LogP contribution in [-0.4, -0.2) is 27.9 Å².